The summed E-state index contributed by atoms with van der Waals surface area (Å²) in [5.74, 6) is 0. The first-order chi connectivity index (χ1) is 5.91. The van der Waals surface area contributed by atoms with Crippen LogP contribution in [0.5, 0.6) is 0 Å². The van der Waals surface area contributed by atoms with Gasteiger partial charge in [0.15, 0.2) is 0 Å². The fourth-order valence-corrected chi connectivity index (χ4v) is 1.80. The van der Waals surface area contributed by atoms with Crippen molar-refractivity contribution in [3.8, 4) is 0 Å². The first-order valence-electron chi connectivity index (χ1n) is 5.47. The van der Waals surface area contributed by atoms with Crippen molar-refractivity contribution in [1.29, 1.82) is 0 Å². The number of alkyl halides is 1. The van der Waals surface area contributed by atoms with Gasteiger partial charge in [-0.05, 0) is 6.42 Å². The van der Waals surface area contributed by atoms with Crippen LogP contribution >= 0.6 is 15.9 Å². The Hall–Kier alpha value is 1.25. The molecule has 0 aromatic carbocycles. The van der Waals surface area contributed by atoms with Gasteiger partial charge in [-0.2, -0.15) is 0 Å². The minimum absolute atomic E-state index is 0. The minimum Gasteiger partial charge on any atom is -1.00 e. The molecule has 0 aromatic rings. The topological polar surface area (TPSA) is 0 Å². The standard InChI is InChI=1S/C11H23Br.Mg.2H/c1-2-3-4-5-6-7-8-9-10-11-12;;;/h2-11H2,1H3;;;/q;+2;2*-1. The maximum absolute atomic E-state index is 3.45. The van der Waals surface area contributed by atoms with E-state index in [1.54, 1.807) is 0 Å². The van der Waals surface area contributed by atoms with Gasteiger partial charge in [-0.25, -0.2) is 0 Å². The Morgan fingerprint density at radius 3 is 1.54 bits per heavy atom. The van der Waals surface area contributed by atoms with Crippen LogP contribution < -0.4 is 0 Å². The van der Waals surface area contributed by atoms with Crippen LogP contribution in [-0.4, -0.2) is 28.4 Å². The summed E-state index contributed by atoms with van der Waals surface area (Å²) in [6.07, 6.45) is 12.8. The number of halogens is 1. The van der Waals surface area contributed by atoms with Crippen molar-refractivity contribution < 1.29 is 2.85 Å². The van der Waals surface area contributed by atoms with Crippen LogP contribution in [-0.2, 0) is 0 Å². The SMILES string of the molecule is CCCCCCCCCCCBr.[H-].[H-].[Mg+2]. The molecule has 0 aliphatic carbocycles. The molecule has 0 saturated carbocycles. The first-order valence-corrected chi connectivity index (χ1v) is 6.60. The largest absolute Gasteiger partial charge is 2.00 e. The summed E-state index contributed by atoms with van der Waals surface area (Å²) in [6, 6.07) is 0. The molecule has 0 N–H and O–H groups in total. The molecule has 0 aromatic heterocycles. The fraction of sp³-hybridized carbons (Fsp3) is 1.00. The van der Waals surface area contributed by atoms with Crippen molar-refractivity contribution in [3.05, 3.63) is 0 Å². The third-order valence-corrected chi connectivity index (χ3v) is 2.80. The van der Waals surface area contributed by atoms with E-state index in [1.165, 1.54) is 63.1 Å². The Balaban J connectivity index is -0.000000202. The van der Waals surface area contributed by atoms with Gasteiger partial charge in [-0.15, -0.1) is 0 Å². The third kappa shape index (κ3) is 16.0. The molecule has 0 amide bonds. The molecule has 0 atom stereocenters. The maximum Gasteiger partial charge on any atom is 2.00 e. The molecule has 0 nitrogen and oxygen atoms in total. The molecule has 13 heavy (non-hydrogen) atoms. The van der Waals surface area contributed by atoms with E-state index in [4.69, 9.17) is 0 Å². The first kappa shape index (κ1) is 16.7. The zero-order valence-electron chi connectivity index (χ0n) is 11.2. The van der Waals surface area contributed by atoms with Crippen molar-refractivity contribution in [2.75, 3.05) is 5.33 Å². The van der Waals surface area contributed by atoms with Crippen molar-refractivity contribution in [3.63, 3.8) is 0 Å². The van der Waals surface area contributed by atoms with E-state index in [-0.39, 0.29) is 25.9 Å². The van der Waals surface area contributed by atoms with Gasteiger partial charge in [-0.3, -0.25) is 0 Å². The zero-order valence-corrected chi connectivity index (χ0v) is 12.2. The van der Waals surface area contributed by atoms with Gasteiger partial charge in [0.05, 0.1) is 0 Å². The molecule has 0 unspecified atom stereocenters. The van der Waals surface area contributed by atoms with Crippen molar-refractivity contribution in [1.82, 2.24) is 0 Å². The van der Waals surface area contributed by atoms with E-state index in [0.29, 0.717) is 0 Å². The Morgan fingerprint density at radius 2 is 1.15 bits per heavy atom. The molecule has 0 rings (SSSR count). The number of hydrogen-bond acceptors (Lipinski definition) is 0. The summed E-state index contributed by atoms with van der Waals surface area (Å²) in [4.78, 5) is 0. The summed E-state index contributed by atoms with van der Waals surface area (Å²) < 4.78 is 0. The molecule has 0 spiro atoms. The smallest absolute Gasteiger partial charge is 1.00 e. The summed E-state index contributed by atoms with van der Waals surface area (Å²) >= 11 is 3.45. The predicted molar refractivity (Wildman–Crippen MR) is 69.0 cm³/mol. The van der Waals surface area contributed by atoms with E-state index in [2.05, 4.69) is 22.9 Å². The molecular weight excluding hydrogens is 236 g/mol. The van der Waals surface area contributed by atoms with Gasteiger partial charge in [0.1, 0.15) is 0 Å². The number of hydrogen-bond donors (Lipinski definition) is 0. The average molecular weight is 262 g/mol. The van der Waals surface area contributed by atoms with Gasteiger partial charge in [0, 0.05) is 5.33 Å². The normalized spacial score (nSPS) is 9.69. The molecule has 0 radical (unpaired) electrons. The summed E-state index contributed by atoms with van der Waals surface area (Å²) in [6.45, 7) is 2.27. The quantitative estimate of drug-likeness (QED) is 0.319. The second-order valence-electron chi connectivity index (χ2n) is 3.52. The van der Waals surface area contributed by atoms with Crippen LogP contribution in [0.25, 0.3) is 0 Å². The van der Waals surface area contributed by atoms with E-state index >= 15 is 0 Å². The second kappa shape index (κ2) is 15.7. The van der Waals surface area contributed by atoms with Gasteiger partial charge < -0.3 is 2.85 Å². The zero-order chi connectivity index (χ0) is 9.07. The number of unbranched alkanes of at least 4 members (excludes halogenated alkanes) is 8. The van der Waals surface area contributed by atoms with Crippen LogP contribution in [0.3, 0.4) is 0 Å². The predicted octanol–water partition coefficient (Wildman–Crippen LogP) is 4.76. The number of rotatable bonds is 9. The minimum atomic E-state index is 0. The molecule has 0 aliphatic heterocycles. The molecular formula is C11H25BrMg. The molecule has 0 heterocycles. The summed E-state index contributed by atoms with van der Waals surface area (Å²) in [5, 5.41) is 1.18. The van der Waals surface area contributed by atoms with Gasteiger partial charge >= 0.3 is 23.1 Å². The Bertz CT molecular complexity index is 75.0. The second-order valence-corrected chi connectivity index (χ2v) is 4.31. The molecule has 0 aliphatic rings. The monoisotopic (exact) mass is 260 g/mol. The average Bonchev–Trinajstić information content (AvgIpc) is 2.10. The van der Waals surface area contributed by atoms with Crippen LogP contribution in [0, 0.1) is 0 Å². The molecule has 0 fully saturated rings. The fourth-order valence-electron chi connectivity index (χ4n) is 1.41. The third-order valence-electron chi connectivity index (χ3n) is 2.24. The van der Waals surface area contributed by atoms with E-state index in [0.717, 1.165) is 0 Å². The Morgan fingerprint density at radius 1 is 0.769 bits per heavy atom. The van der Waals surface area contributed by atoms with E-state index in [1.807, 2.05) is 0 Å². The maximum atomic E-state index is 3.45. The molecule has 78 valence electrons. The Labute approximate surface area is 111 Å². The van der Waals surface area contributed by atoms with Crippen LogP contribution in [0.1, 0.15) is 67.6 Å². The van der Waals surface area contributed by atoms with Gasteiger partial charge in [0.25, 0.3) is 0 Å². The van der Waals surface area contributed by atoms with Crippen LogP contribution in [0.2, 0.25) is 0 Å². The van der Waals surface area contributed by atoms with E-state index in [9.17, 15) is 0 Å². The van der Waals surface area contributed by atoms with Gasteiger partial charge in [0.2, 0.25) is 0 Å². The summed E-state index contributed by atoms with van der Waals surface area (Å²) in [7, 11) is 0. The van der Waals surface area contributed by atoms with Crippen molar-refractivity contribution >= 4 is 39.0 Å². The van der Waals surface area contributed by atoms with Crippen molar-refractivity contribution in [2.24, 2.45) is 0 Å². The van der Waals surface area contributed by atoms with Crippen LogP contribution in [0.4, 0.5) is 0 Å². The van der Waals surface area contributed by atoms with Crippen molar-refractivity contribution in [2.45, 2.75) is 64.7 Å². The van der Waals surface area contributed by atoms with E-state index < -0.39 is 0 Å². The Kier molecular flexibility index (Phi) is 20.1. The molecule has 2 heteroatoms. The van der Waals surface area contributed by atoms with Gasteiger partial charge in [-0.1, -0.05) is 74.2 Å². The molecule has 0 saturated heterocycles. The molecule has 0 bridgehead atoms. The van der Waals surface area contributed by atoms with Crippen LogP contribution in [0.15, 0.2) is 0 Å². The summed E-state index contributed by atoms with van der Waals surface area (Å²) in [5.41, 5.74) is 0.